The largest absolute Gasteiger partial charge is 2.00 e. The van der Waals surface area contributed by atoms with Crippen molar-refractivity contribution in [2.45, 2.75) is 0 Å². The predicted octanol–water partition coefficient (Wildman–Crippen LogP) is 0.526. The van der Waals surface area contributed by atoms with Gasteiger partial charge in [0, 0.05) is 0 Å². The monoisotopic (exact) mass is 224 g/mol. The Labute approximate surface area is 83.6 Å². The van der Waals surface area contributed by atoms with Crippen LogP contribution in [0.4, 0.5) is 0 Å². The van der Waals surface area contributed by atoms with Crippen LogP contribution < -0.4 is 0 Å². The quantitative estimate of drug-likeness (QED) is 0.444. The van der Waals surface area contributed by atoms with E-state index in [0.29, 0.717) is 11.8 Å². The molecule has 0 aliphatic heterocycles. The zero-order valence-electron chi connectivity index (χ0n) is 5.01. The first-order chi connectivity index (χ1) is 2.41. The normalized spacial score (nSPS) is 3.67. The minimum absolute atomic E-state index is 0. The summed E-state index contributed by atoms with van der Waals surface area (Å²) in [6, 6.07) is 0. The summed E-state index contributed by atoms with van der Waals surface area (Å²) in [5.74, 6) is 0. The summed E-state index contributed by atoms with van der Waals surface area (Å²) in [4.78, 5) is 0. The van der Waals surface area contributed by atoms with Gasteiger partial charge in [-0.05, 0) is 0 Å². The predicted molar refractivity (Wildman–Crippen MR) is 26.8 cm³/mol. The van der Waals surface area contributed by atoms with Crippen molar-refractivity contribution in [2.75, 3.05) is 0 Å². The van der Waals surface area contributed by atoms with E-state index >= 15 is 0 Å². The van der Waals surface area contributed by atoms with Gasteiger partial charge in [-0.2, -0.15) is 10.5 Å². The summed E-state index contributed by atoms with van der Waals surface area (Å²) in [5, 5.41) is 18.3. The van der Waals surface area contributed by atoms with Crippen LogP contribution in [0.2, 0.25) is 0 Å². The summed E-state index contributed by atoms with van der Waals surface area (Å²) in [5.41, 5.74) is 0. The molecule has 0 aliphatic carbocycles. The topological polar surface area (TPSA) is 47.6 Å². The van der Waals surface area contributed by atoms with Crippen molar-refractivity contribution in [3.8, 4) is 10.8 Å². The molecule has 0 aromatic carbocycles. The van der Waals surface area contributed by atoms with Gasteiger partial charge in [0.25, 0.3) is 0 Å². The maximum atomic E-state index is 7.56. The number of hydrogen-bond acceptors (Lipinski definition) is 3. The Kier molecular flexibility index (Phi) is 15.5. The van der Waals surface area contributed by atoms with Crippen molar-refractivity contribution in [1.29, 1.82) is 10.5 Å². The van der Waals surface area contributed by atoms with Gasteiger partial charge in [0.15, 0.2) is 0 Å². The molecule has 0 unspecified atom stereocenters. The molecule has 0 heterocycles. The van der Waals surface area contributed by atoms with Crippen molar-refractivity contribution in [3.05, 3.63) is 0 Å². The van der Waals surface area contributed by atoms with E-state index in [-0.39, 0.29) is 51.7 Å². The van der Waals surface area contributed by atoms with E-state index in [0.717, 1.165) is 0 Å². The van der Waals surface area contributed by atoms with E-state index in [1.54, 1.807) is 10.8 Å². The minimum Gasteiger partial charge on any atom is -1.00 e. The molecule has 6 heavy (non-hydrogen) atoms. The number of hydrogen-bond donors (Lipinski definition) is 0. The molecule has 0 fully saturated rings. The van der Waals surface area contributed by atoms with Crippen molar-refractivity contribution in [3.63, 3.8) is 0 Å². The average Bonchev–Trinajstić information content (AvgIpc) is 1.41. The molecule has 0 bridgehead atoms. The number of thioether (sulfide) groups is 1. The third kappa shape index (κ3) is 8.86. The van der Waals surface area contributed by atoms with Gasteiger partial charge in [0.2, 0.25) is 0 Å². The van der Waals surface area contributed by atoms with Gasteiger partial charge >= 0.3 is 48.9 Å². The second kappa shape index (κ2) is 9.31. The molecule has 28 valence electrons. The molecule has 0 atom stereocenters. The molecule has 0 spiro atoms. The Bertz CT molecular complexity index is 83.2. The van der Waals surface area contributed by atoms with Crippen LogP contribution in [0.15, 0.2) is 0 Å². The van der Waals surface area contributed by atoms with E-state index < -0.39 is 0 Å². The fourth-order valence-corrected chi connectivity index (χ4v) is 0.0612. The van der Waals surface area contributed by atoms with Crippen LogP contribution in [-0.4, -0.2) is 48.9 Å². The Morgan fingerprint density at radius 2 is 1.67 bits per heavy atom. The third-order valence-electron chi connectivity index (χ3n) is 0.0913. The zero-order valence-corrected chi connectivity index (χ0v) is 8.27. The molecular formula is C2H2BaN2S. The van der Waals surface area contributed by atoms with E-state index in [4.69, 9.17) is 10.5 Å². The van der Waals surface area contributed by atoms with Gasteiger partial charge < -0.3 is 2.85 Å². The van der Waals surface area contributed by atoms with Crippen LogP contribution in [0, 0.1) is 21.3 Å². The van der Waals surface area contributed by atoms with Gasteiger partial charge in [0.1, 0.15) is 10.8 Å². The molecule has 0 amide bonds. The van der Waals surface area contributed by atoms with E-state index in [1.807, 2.05) is 0 Å². The molecule has 4 heteroatoms. The maximum absolute atomic E-state index is 7.56. The number of nitrogens with zero attached hydrogens (tertiary/aromatic N) is 2. The van der Waals surface area contributed by atoms with E-state index in [1.165, 1.54) is 0 Å². The van der Waals surface area contributed by atoms with Crippen LogP contribution in [0.1, 0.15) is 2.85 Å². The minimum atomic E-state index is 0. The molecule has 0 N–H and O–H groups in total. The molecule has 0 saturated carbocycles. The summed E-state index contributed by atoms with van der Waals surface area (Å²) in [6.07, 6.45) is 0. The van der Waals surface area contributed by atoms with Crippen molar-refractivity contribution in [1.82, 2.24) is 0 Å². The van der Waals surface area contributed by atoms with Crippen LogP contribution in [0.3, 0.4) is 0 Å². The SMILES string of the molecule is N#CSC#N.[Ba+2].[H-].[H-]. The molecule has 0 radical (unpaired) electrons. The summed E-state index contributed by atoms with van der Waals surface area (Å²) in [7, 11) is 0. The van der Waals surface area contributed by atoms with Gasteiger partial charge in [-0.1, -0.05) is 0 Å². The Hall–Kier alpha value is 0.901. The van der Waals surface area contributed by atoms with Gasteiger partial charge in [-0.15, -0.1) is 0 Å². The van der Waals surface area contributed by atoms with E-state index in [2.05, 4.69) is 0 Å². The molecule has 0 aromatic heterocycles. The fraction of sp³-hybridized carbons (Fsp3) is 0. The number of nitriles is 2. The second-order valence-corrected chi connectivity index (χ2v) is 0.854. The first kappa shape index (κ1) is 10.0. The van der Waals surface area contributed by atoms with Crippen LogP contribution in [0.5, 0.6) is 0 Å². The van der Waals surface area contributed by atoms with Crippen LogP contribution in [0.25, 0.3) is 0 Å². The first-order valence-corrected chi connectivity index (χ1v) is 1.67. The van der Waals surface area contributed by atoms with Gasteiger partial charge in [0.05, 0.1) is 11.8 Å². The molecule has 2 nitrogen and oxygen atoms in total. The Morgan fingerprint density at radius 1 is 1.33 bits per heavy atom. The summed E-state index contributed by atoms with van der Waals surface area (Å²) >= 11 is 0.574. The maximum Gasteiger partial charge on any atom is 2.00 e. The van der Waals surface area contributed by atoms with E-state index in [9.17, 15) is 0 Å². The number of rotatable bonds is 0. The Morgan fingerprint density at radius 3 is 1.67 bits per heavy atom. The number of thiocyanates is 2. The van der Waals surface area contributed by atoms with Crippen molar-refractivity contribution >= 4 is 60.6 Å². The molecule has 0 rings (SSSR count). The average molecular weight is 223 g/mol. The molecule has 0 saturated heterocycles. The Balaban J connectivity index is -0.0000000267. The fourth-order valence-electron chi connectivity index (χ4n) is 0.0204. The third-order valence-corrected chi connectivity index (χ3v) is 0.274. The smallest absolute Gasteiger partial charge is 1.00 e. The van der Waals surface area contributed by atoms with Crippen LogP contribution >= 0.6 is 11.8 Å². The zero-order chi connectivity index (χ0) is 4.12. The second-order valence-electron chi connectivity index (χ2n) is 0.285. The van der Waals surface area contributed by atoms with Gasteiger partial charge in [-0.25, -0.2) is 0 Å². The van der Waals surface area contributed by atoms with Crippen molar-refractivity contribution in [2.24, 2.45) is 0 Å². The van der Waals surface area contributed by atoms with Crippen LogP contribution in [-0.2, 0) is 0 Å². The summed E-state index contributed by atoms with van der Waals surface area (Å²) in [6.45, 7) is 0. The standard InChI is InChI=1S/C2N2S.Ba.2H/c3-1-5-2-4;;;/q;+2;2*-1. The first-order valence-electron chi connectivity index (χ1n) is 0.855. The summed E-state index contributed by atoms with van der Waals surface area (Å²) < 4.78 is 0. The molecule has 0 aliphatic rings. The van der Waals surface area contributed by atoms with Crippen molar-refractivity contribution < 1.29 is 2.85 Å². The van der Waals surface area contributed by atoms with Gasteiger partial charge in [-0.3, -0.25) is 0 Å². The molecule has 0 aromatic rings. The molecular weight excluding hydrogens is 221 g/mol.